The minimum atomic E-state index is -1.38. The molecule has 0 heterocycles. The average molecular weight is 641 g/mol. The Hall–Kier alpha value is -1.27. The third-order valence-corrected chi connectivity index (χ3v) is 15.5. The predicted molar refractivity (Wildman–Crippen MR) is 176 cm³/mol. The van der Waals surface area contributed by atoms with Gasteiger partial charge >= 0.3 is 17.9 Å². The highest BCUT2D eigenvalue weighted by Crippen LogP contribution is 2.65. The molecule has 0 amide bonds. The molecule has 0 aromatic heterocycles. The monoisotopic (exact) mass is 640 g/mol. The molecule has 0 rings (SSSR count). The van der Waals surface area contributed by atoms with Gasteiger partial charge in [0.05, 0.1) is 26.1 Å². The molecule has 0 aliphatic heterocycles. The fourth-order valence-corrected chi connectivity index (χ4v) is 9.09. The second kappa shape index (κ2) is 18.5. The molecule has 42 heavy (non-hydrogen) atoms. The maximum absolute atomic E-state index is 12.0. The number of ether oxygens (including phenoxy) is 4. The maximum Gasteiger partial charge on any atom is 0.315 e. The molecule has 250 valence electrons. The number of unbranched alkanes of at least 4 members (excludes halogenated alkanes) is 1. The molecule has 0 saturated carbocycles. The molecule has 9 nitrogen and oxygen atoms in total. The summed E-state index contributed by atoms with van der Waals surface area (Å²) in [6.07, 6.45) is 17.7. The van der Waals surface area contributed by atoms with E-state index >= 15 is 0 Å². The van der Waals surface area contributed by atoms with Crippen LogP contribution in [0.3, 0.4) is 0 Å². The first-order chi connectivity index (χ1) is 19.3. The molecule has 0 aromatic rings. The molecular formula is C31H60O9S2. The van der Waals surface area contributed by atoms with Crippen molar-refractivity contribution in [3.05, 3.63) is 12.2 Å². The van der Waals surface area contributed by atoms with E-state index in [1.54, 1.807) is 0 Å². The summed E-state index contributed by atoms with van der Waals surface area (Å²) in [5.41, 5.74) is -1.35. The third kappa shape index (κ3) is 13.6. The smallest absolute Gasteiger partial charge is 0.315 e. The highest BCUT2D eigenvalue weighted by atomic mass is 32.3. The van der Waals surface area contributed by atoms with Crippen LogP contribution in [0.25, 0.3) is 0 Å². The average Bonchev–Trinajstić information content (AvgIpc) is 2.88. The summed E-state index contributed by atoms with van der Waals surface area (Å²) in [5, 5.41) is 9.29. The molecule has 0 aliphatic rings. The van der Waals surface area contributed by atoms with E-state index in [-0.39, 0.29) is 48.9 Å². The van der Waals surface area contributed by atoms with Crippen molar-refractivity contribution in [1.29, 1.82) is 0 Å². The zero-order valence-electron chi connectivity index (χ0n) is 28.2. The highest BCUT2D eigenvalue weighted by Gasteiger charge is 2.43. The van der Waals surface area contributed by atoms with Gasteiger partial charge in [0.15, 0.2) is 0 Å². The van der Waals surface area contributed by atoms with E-state index in [2.05, 4.69) is 71.8 Å². The molecular weight excluding hydrogens is 580 g/mol. The van der Waals surface area contributed by atoms with Crippen LogP contribution < -0.4 is 0 Å². The number of hydrogen-bond donors (Lipinski definition) is 1. The second-order valence-electron chi connectivity index (χ2n) is 12.5. The lowest BCUT2D eigenvalue weighted by atomic mass is 9.93. The fraction of sp³-hybridized carbons (Fsp3) is 0.839. The molecule has 2 atom stereocenters. The molecule has 0 radical (unpaired) electrons. The number of methoxy groups -OCH3 is 1. The Morgan fingerprint density at radius 1 is 0.857 bits per heavy atom. The highest BCUT2D eigenvalue weighted by molar-refractivity contribution is 8.35. The van der Waals surface area contributed by atoms with Gasteiger partial charge in [0.1, 0.15) is 23.6 Å². The normalized spacial score (nSPS) is 16.5. The topological polar surface area (TPSA) is 118 Å². The molecule has 0 fully saturated rings. The summed E-state index contributed by atoms with van der Waals surface area (Å²) in [6.45, 7) is 13.0. The van der Waals surface area contributed by atoms with Gasteiger partial charge in [-0.15, -0.1) is 10.3 Å². The molecule has 2 unspecified atom stereocenters. The number of carbonyl (C=O) groups excluding carboxylic acids is 2. The first-order valence-corrected chi connectivity index (χ1v) is 19.7. The minimum Gasteiger partial charge on any atom is -0.481 e. The predicted octanol–water partition coefficient (Wildman–Crippen LogP) is 6.32. The van der Waals surface area contributed by atoms with Crippen LogP contribution in [0.4, 0.5) is 0 Å². The molecule has 0 aromatic carbocycles. The molecule has 0 bridgehead atoms. The summed E-state index contributed by atoms with van der Waals surface area (Å²) >= 11 is 0. The van der Waals surface area contributed by atoms with Gasteiger partial charge in [-0.1, -0.05) is 31.9 Å². The van der Waals surface area contributed by atoms with Crippen LogP contribution in [0, 0.1) is 5.41 Å². The van der Waals surface area contributed by atoms with Crippen LogP contribution in [0.5, 0.6) is 0 Å². The van der Waals surface area contributed by atoms with Gasteiger partial charge in [-0.05, 0) is 78.2 Å². The lowest BCUT2D eigenvalue weighted by Crippen LogP contribution is -2.40. The Morgan fingerprint density at radius 2 is 1.45 bits per heavy atom. The van der Waals surface area contributed by atoms with Crippen molar-refractivity contribution in [2.45, 2.75) is 89.7 Å². The number of carboxylic acids is 1. The zero-order chi connectivity index (χ0) is 32.7. The van der Waals surface area contributed by atoms with Crippen molar-refractivity contribution in [1.82, 2.24) is 0 Å². The Kier molecular flexibility index (Phi) is 18.0. The fourth-order valence-electron chi connectivity index (χ4n) is 4.22. The summed E-state index contributed by atoms with van der Waals surface area (Å²) < 4.78 is 27.8. The lowest BCUT2D eigenvalue weighted by Gasteiger charge is -2.56. The zero-order valence-corrected chi connectivity index (χ0v) is 29.8. The van der Waals surface area contributed by atoms with E-state index in [1.165, 1.54) is 26.9 Å². The quantitative estimate of drug-likeness (QED) is 0.0778. The Balaban J connectivity index is 4.50. The molecule has 0 spiro atoms. The van der Waals surface area contributed by atoms with Crippen molar-refractivity contribution >= 4 is 38.2 Å². The van der Waals surface area contributed by atoms with E-state index in [0.29, 0.717) is 6.61 Å². The number of aliphatic carboxylic acids is 1. The van der Waals surface area contributed by atoms with E-state index in [9.17, 15) is 19.5 Å². The van der Waals surface area contributed by atoms with E-state index in [1.807, 2.05) is 0 Å². The van der Waals surface area contributed by atoms with Crippen LogP contribution in [-0.4, -0.2) is 104 Å². The number of allylic oxidation sites excluding steroid dienone is 1. The van der Waals surface area contributed by atoms with Gasteiger partial charge in [-0.25, -0.2) is 10.0 Å². The standard InChI is InChI=1S/C31H60O9S2/c1-12-14-19-31(6,18-13-2)42(10,11)40-29(3,4)41(8,9)23-15-20-37-21-22-38-26(32)16-17-27(33)39-25-30(5,24-36-7)28(34)35/h13,18H,12,14-17,19-25H2,1-11H3,(H,34,35). The van der Waals surface area contributed by atoms with E-state index in [4.69, 9.17) is 23.1 Å². The van der Waals surface area contributed by atoms with Crippen LogP contribution in [0.1, 0.15) is 80.1 Å². The summed E-state index contributed by atoms with van der Waals surface area (Å²) in [5.74, 6) is -1.33. The number of hydrogen-bond acceptors (Lipinski definition) is 8. The number of carbonyl (C=O) groups is 3. The maximum atomic E-state index is 12.0. The SMILES string of the molecule is CC=CC(C)(CCCC)S(C)(C)OC(C)(C)S(C)(C)CCCOCCOC(=O)CCC(=O)OCC(C)(COC)C(=O)O. The van der Waals surface area contributed by atoms with Gasteiger partial charge in [0.25, 0.3) is 0 Å². The summed E-state index contributed by atoms with van der Waals surface area (Å²) in [6, 6.07) is 0. The van der Waals surface area contributed by atoms with Crippen LogP contribution in [0.15, 0.2) is 12.2 Å². The molecule has 0 aliphatic carbocycles. The Labute approximate surface area is 258 Å². The van der Waals surface area contributed by atoms with Crippen molar-refractivity contribution in [2.24, 2.45) is 5.41 Å². The minimum absolute atomic E-state index is 0.0250. The second-order valence-corrected chi connectivity index (χ2v) is 20.6. The van der Waals surface area contributed by atoms with E-state index in [0.717, 1.165) is 18.6 Å². The molecule has 0 saturated heterocycles. The number of rotatable bonds is 23. The summed E-state index contributed by atoms with van der Waals surface area (Å²) in [7, 11) is -1.11. The van der Waals surface area contributed by atoms with Gasteiger partial charge in [0, 0.05) is 18.5 Å². The van der Waals surface area contributed by atoms with Crippen molar-refractivity contribution in [3.8, 4) is 0 Å². The Morgan fingerprint density at radius 3 is 1.98 bits per heavy atom. The van der Waals surface area contributed by atoms with Crippen molar-refractivity contribution in [3.63, 3.8) is 0 Å². The Bertz CT molecular complexity index is 872. The van der Waals surface area contributed by atoms with Crippen LogP contribution in [-0.2, 0) is 37.5 Å². The van der Waals surface area contributed by atoms with Crippen LogP contribution >= 0.6 is 20.3 Å². The molecule has 11 heteroatoms. The lowest BCUT2D eigenvalue weighted by molar-refractivity contribution is -0.162. The van der Waals surface area contributed by atoms with Crippen LogP contribution in [0.2, 0.25) is 0 Å². The van der Waals surface area contributed by atoms with E-state index < -0.39 is 43.7 Å². The van der Waals surface area contributed by atoms with Crippen molar-refractivity contribution in [2.75, 3.05) is 70.9 Å². The van der Waals surface area contributed by atoms with Gasteiger partial charge < -0.3 is 28.2 Å². The first kappa shape index (κ1) is 40.7. The number of carboxylic acid groups (broad SMARTS) is 1. The number of esters is 2. The van der Waals surface area contributed by atoms with Crippen molar-refractivity contribution < 1.29 is 42.6 Å². The molecule has 1 N–H and O–H groups in total. The van der Waals surface area contributed by atoms with Gasteiger partial charge in [0.2, 0.25) is 0 Å². The summed E-state index contributed by atoms with van der Waals surface area (Å²) in [4.78, 5) is 35.0. The first-order valence-electron chi connectivity index (χ1n) is 14.7. The third-order valence-electron chi connectivity index (χ3n) is 7.91. The van der Waals surface area contributed by atoms with Gasteiger partial charge in [-0.2, -0.15) is 0 Å². The van der Waals surface area contributed by atoms with Gasteiger partial charge in [-0.3, -0.25) is 14.4 Å². The largest absolute Gasteiger partial charge is 0.481 e.